The van der Waals surface area contributed by atoms with Gasteiger partial charge in [0.15, 0.2) is 23.3 Å². The first-order valence-corrected chi connectivity index (χ1v) is 3.99. The SMILES string of the molecule is Fc1cc(F)c(F)c(CCCl)c1F. The summed E-state index contributed by atoms with van der Waals surface area (Å²) >= 11 is 5.21. The van der Waals surface area contributed by atoms with E-state index in [1.54, 1.807) is 0 Å². The predicted octanol–water partition coefficient (Wildman–Crippen LogP) is 3.02. The molecule has 0 aliphatic carbocycles. The average molecular weight is 213 g/mol. The van der Waals surface area contributed by atoms with Crippen LogP contribution in [0.4, 0.5) is 17.6 Å². The van der Waals surface area contributed by atoms with Gasteiger partial charge in [-0.1, -0.05) is 0 Å². The van der Waals surface area contributed by atoms with E-state index < -0.39 is 28.8 Å². The Labute approximate surface area is 77.1 Å². The van der Waals surface area contributed by atoms with Gasteiger partial charge in [0.25, 0.3) is 0 Å². The van der Waals surface area contributed by atoms with E-state index in [4.69, 9.17) is 11.6 Å². The zero-order valence-electron chi connectivity index (χ0n) is 6.38. The molecule has 72 valence electrons. The Hall–Kier alpha value is -0.770. The molecule has 0 bridgehead atoms. The zero-order chi connectivity index (χ0) is 10.0. The zero-order valence-corrected chi connectivity index (χ0v) is 7.14. The molecule has 5 heteroatoms. The number of hydrogen-bond acceptors (Lipinski definition) is 0. The third-order valence-corrected chi connectivity index (χ3v) is 1.74. The van der Waals surface area contributed by atoms with E-state index in [0.717, 1.165) is 0 Å². The number of hydrogen-bond donors (Lipinski definition) is 0. The maximum atomic E-state index is 12.8. The monoisotopic (exact) mass is 212 g/mol. The highest BCUT2D eigenvalue weighted by atomic mass is 35.5. The minimum atomic E-state index is -1.40. The number of benzene rings is 1. The van der Waals surface area contributed by atoms with E-state index >= 15 is 0 Å². The molecule has 0 saturated carbocycles. The van der Waals surface area contributed by atoms with Gasteiger partial charge in [-0.3, -0.25) is 0 Å². The van der Waals surface area contributed by atoms with Crippen molar-refractivity contribution < 1.29 is 17.6 Å². The molecule has 0 radical (unpaired) electrons. The maximum absolute atomic E-state index is 12.8. The van der Waals surface area contributed by atoms with Crippen molar-refractivity contribution in [1.82, 2.24) is 0 Å². The van der Waals surface area contributed by atoms with Crippen LogP contribution in [0.1, 0.15) is 5.56 Å². The van der Waals surface area contributed by atoms with E-state index in [1.165, 1.54) is 0 Å². The van der Waals surface area contributed by atoms with Crippen molar-refractivity contribution in [3.05, 3.63) is 34.9 Å². The summed E-state index contributed by atoms with van der Waals surface area (Å²) in [4.78, 5) is 0. The van der Waals surface area contributed by atoms with E-state index in [9.17, 15) is 17.6 Å². The Morgan fingerprint density at radius 2 is 1.46 bits per heavy atom. The van der Waals surface area contributed by atoms with Crippen LogP contribution >= 0.6 is 11.6 Å². The second-order valence-electron chi connectivity index (χ2n) is 2.39. The number of rotatable bonds is 2. The molecule has 0 amide bonds. The van der Waals surface area contributed by atoms with Gasteiger partial charge in [0.1, 0.15) is 0 Å². The van der Waals surface area contributed by atoms with E-state index in [0.29, 0.717) is 0 Å². The lowest BCUT2D eigenvalue weighted by Crippen LogP contribution is -2.03. The lowest BCUT2D eigenvalue weighted by Gasteiger charge is -2.04. The molecule has 0 saturated heterocycles. The molecular weight excluding hydrogens is 208 g/mol. The summed E-state index contributed by atoms with van der Waals surface area (Å²) in [7, 11) is 0. The molecule has 0 heterocycles. The Bertz CT molecular complexity index is 298. The Balaban J connectivity index is 3.28. The van der Waals surface area contributed by atoms with Crippen molar-refractivity contribution >= 4 is 11.6 Å². The molecule has 13 heavy (non-hydrogen) atoms. The first-order valence-electron chi connectivity index (χ1n) is 3.45. The first kappa shape index (κ1) is 10.3. The van der Waals surface area contributed by atoms with Crippen LogP contribution in [-0.4, -0.2) is 5.88 Å². The highest BCUT2D eigenvalue weighted by Gasteiger charge is 2.17. The highest BCUT2D eigenvalue weighted by Crippen LogP contribution is 2.19. The quantitative estimate of drug-likeness (QED) is 0.402. The number of halogens is 5. The van der Waals surface area contributed by atoms with Crippen LogP contribution in [0.25, 0.3) is 0 Å². The van der Waals surface area contributed by atoms with E-state index in [1.807, 2.05) is 0 Å². The summed E-state index contributed by atoms with van der Waals surface area (Å²) in [6.45, 7) is 0. The van der Waals surface area contributed by atoms with Crippen molar-refractivity contribution in [2.75, 3.05) is 5.88 Å². The van der Waals surface area contributed by atoms with Crippen LogP contribution in [-0.2, 0) is 6.42 Å². The molecule has 1 aromatic rings. The van der Waals surface area contributed by atoms with Crippen molar-refractivity contribution in [2.45, 2.75) is 6.42 Å². The molecule has 1 aromatic carbocycles. The van der Waals surface area contributed by atoms with E-state index in [-0.39, 0.29) is 18.4 Å². The summed E-state index contributed by atoms with van der Waals surface area (Å²) in [6, 6.07) is 0.169. The average Bonchev–Trinajstić information content (AvgIpc) is 2.09. The highest BCUT2D eigenvalue weighted by molar-refractivity contribution is 6.17. The fraction of sp³-hybridized carbons (Fsp3) is 0.250. The Morgan fingerprint density at radius 3 is 1.85 bits per heavy atom. The van der Waals surface area contributed by atoms with Gasteiger partial charge in [-0.25, -0.2) is 17.6 Å². The number of alkyl halides is 1. The van der Waals surface area contributed by atoms with Gasteiger partial charge in [-0.15, -0.1) is 11.6 Å². The molecule has 0 aliphatic rings. The smallest absolute Gasteiger partial charge is 0.165 e. The van der Waals surface area contributed by atoms with Crippen molar-refractivity contribution in [1.29, 1.82) is 0 Å². The van der Waals surface area contributed by atoms with Crippen LogP contribution in [0.5, 0.6) is 0 Å². The summed E-state index contributed by atoms with van der Waals surface area (Å²) in [5.74, 6) is -5.66. The minimum absolute atomic E-state index is 0.100. The van der Waals surface area contributed by atoms with Crippen LogP contribution in [0, 0.1) is 23.3 Å². The summed E-state index contributed by atoms with van der Waals surface area (Å²) in [5.41, 5.74) is -0.646. The molecule has 0 atom stereocenters. The lowest BCUT2D eigenvalue weighted by atomic mass is 10.1. The second kappa shape index (κ2) is 3.96. The summed E-state index contributed by atoms with van der Waals surface area (Å²) in [5, 5.41) is 0. The van der Waals surface area contributed by atoms with Gasteiger partial charge >= 0.3 is 0 Å². The van der Waals surface area contributed by atoms with Crippen LogP contribution in [0.15, 0.2) is 6.07 Å². The fourth-order valence-electron chi connectivity index (χ4n) is 0.937. The predicted molar refractivity (Wildman–Crippen MR) is 40.7 cm³/mol. The van der Waals surface area contributed by atoms with Crippen molar-refractivity contribution in [2.24, 2.45) is 0 Å². The molecule has 1 rings (SSSR count). The molecule has 0 spiro atoms. The van der Waals surface area contributed by atoms with Crippen molar-refractivity contribution in [3.63, 3.8) is 0 Å². The largest absolute Gasteiger partial charge is 0.204 e. The van der Waals surface area contributed by atoms with Gasteiger partial charge in [0, 0.05) is 17.5 Å². The molecule has 0 aromatic heterocycles. The molecule has 0 unspecified atom stereocenters. The Morgan fingerprint density at radius 1 is 1.00 bits per heavy atom. The molecule has 0 aliphatic heterocycles. The van der Waals surface area contributed by atoms with Gasteiger partial charge in [0.2, 0.25) is 0 Å². The van der Waals surface area contributed by atoms with Gasteiger partial charge in [-0.05, 0) is 6.42 Å². The lowest BCUT2D eigenvalue weighted by molar-refractivity contribution is 0.440. The molecule has 0 nitrogen and oxygen atoms in total. The fourth-order valence-corrected chi connectivity index (χ4v) is 1.13. The third kappa shape index (κ3) is 1.94. The van der Waals surface area contributed by atoms with Crippen LogP contribution in [0.3, 0.4) is 0 Å². The second-order valence-corrected chi connectivity index (χ2v) is 2.76. The van der Waals surface area contributed by atoms with Gasteiger partial charge in [0.05, 0.1) is 0 Å². The van der Waals surface area contributed by atoms with Crippen LogP contribution in [0.2, 0.25) is 0 Å². The topological polar surface area (TPSA) is 0 Å². The summed E-state index contributed by atoms with van der Waals surface area (Å²) in [6.07, 6.45) is -0.242. The maximum Gasteiger partial charge on any atom is 0.165 e. The minimum Gasteiger partial charge on any atom is -0.204 e. The third-order valence-electron chi connectivity index (χ3n) is 1.55. The Kier molecular flexibility index (Phi) is 3.14. The standard InChI is InChI=1S/C8H5ClF4/c9-2-1-4-7(12)5(10)3-6(11)8(4)13/h3H,1-2H2. The van der Waals surface area contributed by atoms with Gasteiger partial charge in [-0.2, -0.15) is 0 Å². The van der Waals surface area contributed by atoms with Crippen LogP contribution < -0.4 is 0 Å². The van der Waals surface area contributed by atoms with Crippen molar-refractivity contribution in [3.8, 4) is 0 Å². The molecular formula is C8H5ClF4. The summed E-state index contributed by atoms with van der Waals surface area (Å²) < 4.78 is 50.6. The first-order chi connectivity index (χ1) is 6.07. The normalized spacial score (nSPS) is 10.5. The van der Waals surface area contributed by atoms with Gasteiger partial charge < -0.3 is 0 Å². The van der Waals surface area contributed by atoms with E-state index in [2.05, 4.69) is 0 Å². The molecule has 0 fully saturated rings. The molecule has 0 N–H and O–H groups in total.